The monoisotopic (exact) mass is 441 g/mol. The zero-order valence-corrected chi connectivity index (χ0v) is 18.5. The number of para-hydroxylation sites is 1. The van der Waals surface area contributed by atoms with Crippen LogP contribution in [0.5, 0.6) is 0 Å². The van der Waals surface area contributed by atoms with Gasteiger partial charge >= 0.3 is 12.0 Å². The molecular formula is C24H28ClN3O3. The largest absolute Gasteiger partial charge is 0.465 e. The number of ether oxygens (including phenoxy) is 1. The molecule has 6 nitrogen and oxygen atoms in total. The molecule has 2 amide bonds. The highest BCUT2D eigenvalue weighted by Gasteiger charge is 2.42. The minimum absolute atomic E-state index is 0.0515. The second kappa shape index (κ2) is 8.89. The molecule has 1 saturated heterocycles. The number of anilines is 1. The number of hydrogen-bond donors (Lipinski definition) is 1. The number of carbonyl (C=O) groups is 2. The molecule has 0 unspecified atom stereocenters. The van der Waals surface area contributed by atoms with Crippen LogP contribution in [0, 0.1) is 0 Å². The Morgan fingerprint density at radius 3 is 2.58 bits per heavy atom. The lowest BCUT2D eigenvalue weighted by atomic mass is 9.68. The van der Waals surface area contributed by atoms with E-state index in [0.29, 0.717) is 30.9 Å². The SMILES string of the molecule is COC(=O)c1ccccc1N1CCN([C@H]2CC[C@](CN)(c3cccc(Cl)c3)CC2)C1=O. The topological polar surface area (TPSA) is 75.9 Å². The quantitative estimate of drug-likeness (QED) is 0.705. The van der Waals surface area contributed by atoms with Gasteiger partial charge in [-0.3, -0.25) is 4.90 Å². The van der Waals surface area contributed by atoms with Gasteiger partial charge in [0.1, 0.15) is 0 Å². The smallest absolute Gasteiger partial charge is 0.339 e. The Hall–Kier alpha value is -2.57. The summed E-state index contributed by atoms with van der Waals surface area (Å²) in [4.78, 5) is 29.1. The minimum Gasteiger partial charge on any atom is -0.465 e. The fourth-order valence-corrected chi connectivity index (χ4v) is 5.19. The molecule has 1 aliphatic heterocycles. The summed E-state index contributed by atoms with van der Waals surface area (Å²) in [5.41, 5.74) is 8.33. The number of amides is 2. The fourth-order valence-electron chi connectivity index (χ4n) is 5.00. The fraction of sp³-hybridized carbons (Fsp3) is 0.417. The van der Waals surface area contributed by atoms with E-state index < -0.39 is 5.97 Å². The van der Waals surface area contributed by atoms with E-state index in [0.717, 1.165) is 30.7 Å². The maximum atomic E-state index is 13.3. The van der Waals surface area contributed by atoms with Crippen molar-refractivity contribution in [3.63, 3.8) is 0 Å². The summed E-state index contributed by atoms with van der Waals surface area (Å²) < 4.78 is 4.89. The molecule has 7 heteroatoms. The van der Waals surface area contributed by atoms with Crippen molar-refractivity contribution in [3.05, 3.63) is 64.7 Å². The summed E-state index contributed by atoms with van der Waals surface area (Å²) in [5, 5.41) is 0.724. The van der Waals surface area contributed by atoms with Crippen molar-refractivity contribution >= 4 is 29.3 Å². The number of halogens is 1. The van der Waals surface area contributed by atoms with Gasteiger partial charge in [0.05, 0.1) is 18.4 Å². The van der Waals surface area contributed by atoms with Gasteiger partial charge in [-0.05, 0) is 55.5 Å². The first kappa shape index (κ1) is 21.7. The molecule has 0 bridgehead atoms. The van der Waals surface area contributed by atoms with Crippen LogP contribution in [0.25, 0.3) is 0 Å². The number of urea groups is 1. The molecule has 0 atom stereocenters. The minimum atomic E-state index is -0.436. The number of carbonyl (C=O) groups excluding carboxylic acids is 2. The standard InChI is InChI=1S/C24H28ClN3O3/c1-31-22(29)20-7-2-3-8-21(20)28-14-13-27(23(28)30)19-9-11-24(16-26,12-10-19)17-5-4-6-18(25)15-17/h2-8,15,19H,9-14,16,26H2,1H3/t19-,24-. The van der Waals surface area contributed by atoms with Crippen LogP contribution in [0.15, 0.2) is 48.5 Å². The molecule has 4 rings (SSSR count). The van der Waals surface area contributed by atoms with Gasteiger partial charge in [0, 0.05) is 36.1 Å². The third kappa shape index (κ3) is 4.02. The van der Waals surface area contributed by atoms with Crippen LogP contribution in [0.3, 0.4) is 0 Å². The molecule has 2 aliphatic rings. The van der Waals surface area contributed by atoms with Crippen molar-refractivity contribution in [1.29, 1.82) is 0 Å². The summed E-state index contributed by atoms with van der Waals surface area (Å²) >= 11 is 6.22. The van der Waals surface area contributed by atoms with E-state index in [1.165, 1.54) is 12.7 Å². The first-order chi connectivity index (χ1) is 15.0. The second-order valence-corrected chi connectivity index (χ2v) is 8.80. The number of rotatable bonds is 5. The van der Waals surface area contributed by atoms with Crippen molar-refractivity contribution in [1.82, 2.24) is 4.90 Å². The van der Waals surface area contributed by atoms with Gasteiger partial charge in [0.25, 0.3) is 0 Å². The molecule has 1 aliphatic carbocycles. The molecule has 2 N–H and O–H groups in total. The molecule has 164 valence electrons. The van der Waals surface area contributed by atoms with Gasteiger partial charge in [-0.15, -0.1) is 0 Å². The van der Waals surface area contributed by atoms with Crippen molar-refractivity contribution in [3.8, 4) is 0 Å². The van der Waals surface area contributed by atoms with Gasteiger partial charge < -0.3 is 15.4 Å². The van der Waals surface area contributed by atoms with Crippen molar-refractivity contribution in [2.75, 3.05) is 31.6 Å². The average molecular weight is 442 g/mol. The van der Waals surface area contributed by atoms with Gasteiger partial charge in [0.2, 0.25) is 0 Å². The molecule has 1 heterocycles. The lowest BCUT2D eigenvalue weighted by Gasteiger charge is -2.42. The maximum Gasteiger partial charge on any atom is 0.339 e. The third-order valence-electron chi connectivity index (χ3n) is 6.82. The highest BCUT2D eigenvalue weighted by molar-refractivity contribution is 6.30. The highest BCUT2D eigenvalue weighted by atomic mass is 35.5. The molecular weight excluding hydrogens is 414 g/mol. The molecule has 31 heavy (non-hydrogen) atoms. The summed E-state index contributed by atoms with van der Waals surface area (Å²) in [6.07, 6.45) is 3.61. The van der Waals surface area contributed by atoms with Crippen molar-refractivity contribution < 1.29 is 14.3 Å². The maximum absolute atomic E-state index is 13.3. The van der Waals surface area contributed by atoms with Crippen LogP contribution in [-0.4, -0.2) is 49.7 Å². The average Bonchev–Trinajstić information content (AvgIpc) is 3.19. The summed E-state index contributed by atoms with van der Waals surface area (Å²) in [7, 11) is 1.35. The molecule has 2 aromatic rings. The number of hydrogen-bond acceptors (Lipinski definition) is 4. The summed E-state index contributed by atoms with van der Waals surface area (Å²) in [5.74, 6) is -0.436. The number of nitrogens with zero attached hydrogens (tertiary/aromatic N) is 2. The van der Waals surface area contributed by atoms with Gasteiger partial charge in [-0.25, -0.2) is 9.59 Å². The lowest BCUT2D eigenvalue weighted by Crippen LogP contribution is -2.47. The van der Waals surface area contributed by atoms with Crippen LogP contribution in [0.1, 0.15) is 41.6 Å². The molecule has 2 fully saturated rings. The number of nitrogens with two attached hydrogens (primary N) is 1. The van der Waals surface area contributed by atoms with E-state index in [2.05, 4.69) is 6.07 Å². The van der Waals surface area contributed by atoms with Crippen LogP contribution in [0.4, 0.5) is 10.5 Å². The lowest BCUT2D eigenvalue weighted by molar-refractivity contribution is 0.0601. The van der Waals surface area contributed by atoms with Gasteiger partial charge in [0.15, 0.2) is 0 Å². The zero-order valence-electron chi connectivity index (χ0n) is 17.7. The summed E-state index contributed by atoms with van der Waals surface area (Å²) in [6, 6.07) is 15.2. The number of benzene rings is 2. The first-order valence-electron chi connectivity index (χ1n) is 10.7. The van der Waals surface area contributed by atoms with E-state index in [1.54, 1.807) is 23.1 Å². The van der Waals surface area contributed by atoms with E-state index >= 15 is 0 Å². The molecule has 0 aromatic heterocycles. The Bertz CT molecular complexity index is 972. The number of esters is 1. The molecule has 1 saturated carbocycles. The van der Waals surface area contributed by atoms with E-state index in [4.69, 9.17) is 22.1 Å². The van der Waals surface area contributed by atoms with E-state index in [9.17, 15) is 9.59 Å². The van der Waals surface area contributed by atoms with E-state index in [1.807, 2.05) is 29.2 Å². The van der Waals surface area contributed by atoms with E-state index in [-0.39, 0.29) is 17.5 Å². The molecule has 0 spiro atoms. The Balaban J connectivity index is 1.48. The third-order valence-corrected chi connectivity index (χ3v) is 7.06. The van der Waals surface area contributed by atoms with Gasteiger partial charge in [-0.2, -0.15) is 0 Å². The van der Waals surface area contributed by atoms with Gasteiger partial charge in [-0.1, -0.05) is 35.9 Å². The second-order valence-electron chi connectivity index (χ2n) is 8.36. The first-order valence-corrected chi connectivity index (χ1v) is 11.1. The summed E-state index contributed by atoms with van der Waals surface area (Å²) in [6.45, 7) is 1.76. The predicted molar refractivity (Wildman–Crippen MR) is 122 cm³/mol. The molecule has 0 radical (unpaired) electrons. The Morgan fingerprint density at radius 1 is 1.16 bits per heavy atom. The van der Waals surface area contributed by atoms with Crippen LogP contribution < -0.4 is 10.6 Å². The normalized spacial score (nSPS) is 23.8. The Kier molecular flexibility index (Phi) is 6.21. The zero-order chi connectivity index (χ0) is 22.0. The number of methoxy groups -OCH3 is 1. The van der Waals surface area contributed by atoms with Crippen molar-refractivity contribution in [2.24, 2.45) is 5.73 Å². The van der Waals surface area contributed by atoms with Crippen LogP contribution in [-0.2, 0) is 10.2 Å². The Morgan fingerprint density at radius 2 is 1.90 bits per heavy atom. The Labute approximate surface area is 187 Å². The predicted octanol–water partition coefficient (Wildman–Crippen LogP) is 4.21. The van der Waals surface area contributed by atoms with Crippen LogP contribution >= 0.6 is 11.6 Å². The molecule has 2 aromatic carbocycles. The van der Waals surface area contributed by atoms with Crippen LogP contribution in [0.2, 0.25) is 5.02 Å². The highest BCUT2D eigenvalue weighted by Crippen LogP contribution is 2.41. The van der Waals surface area contributed by atoms with Crippen molar-refractivity contribution in [2.45, 2.75) is 37.1 Å².